The van der Waals surface area contributed by atoms with Gasteiger partial charge in [-0.1, -0.05) is 94.8 Å². The number of hydrogen-bond donors (Lipinski definition) is 1. The minimum atomic E-state index is -4.62. The van der Waals surface area contributed by atoms with Crippen LogP contribution in [-0.2, 0) is 11.2 Å². The zero-order valence-electron chi connectivity index (χ0n) is 23.1. The van der Waals surface area contributed by atoms with Crippen LogP contribution in [0.2, 0.25) is 0 Å². The van der Waals surface area contributed by atoms with Crippen molar-refractivity contribution in [2.24, 2.45) is 0 Å². The van der Waals surface area contributed by atoms with Gasteiger partial charge in [-0.15, -0.1) is 0 Å². The number of esters is 1. The molecule has 214 valence electrons. The molecule has 0 aliphatic heterocycles. The lowest BCUT2D eigenvalue weighted by molar-refractivity contribution is -0.204. The Balaban J connectivity index is 1.85. The molecule has 4 nitrogen and oxygen atoms in total. The number of halogens is 3. The van der Waals surface area contributed by atoms with Crippen molar-refractivity contribution in [2.45, 2.75) is 83.9 Å². The number of benzene rings is 3. The standard InChI is InChI=1S/C33H37F3O4/c1-3-5-6-7-8-9-10-11-23-12-21-28(24-13-17-26(18-14-24)31(37)38)29(22-23)25-15-19-27(20-16-25)32(39)40-30(4-2)33(34,35)36/h12-22,30H,3-11H2,1-2H3,(H,37,38). The third-order valence-corrected chi connectivity index (χ3v) is 7.01. The minimum Gasteiger partial charge on any atom is -0.478 e. The van der Waals surface area contributed by atoms with Crippen LogP contribution >= 0.6 is 0 Å². The molecule has 0 amide bonds. The molecule has 0 aliphatic rings. The first-order chi connectivity index (χ1) is 19.1. The predicted octanol–water partition coefficient (Wildman–Crippen LogP) is 9.51. The van der Waals surface area contributed by atoms with Crippen LogP contribution in [0.4, 0.5) is 13.2 Å². The lowest BCUT2D eigenvalue weighted by atomic mass is 9.91. The maximum absolute atomic E-state index is 13.1. The first-order valence-electron chi connectivity index (χ1n) is 14.0. The molecule has 0 radical (unpaired) electrons. The molecule has 0 saturated carbocycles. The molecule has 0 heterocycles. The molecule has 0 bridgehead atoms. The number of rotatable bonds is 14. The van der Waals surface area contributed by atoms with Gasteiger partial charge in [0, 0.05) is 0 Å². The molecule has 0 spiro atoms. The van der Waals surface area contributed by atoms with E-state index in [1.807, 2.05) is 6.07 Å². The fourth-order valence-electron chi connectivity index (χ4n) is 4.68. The van der Waals surface area contributed by atoms with Crippen LogP contribution in [-0.4, -0.2) is 29.3 Å². The second-order valence-electron chi connectivity index (χ2n) is 10.1. The number of hydrogen-bond acceptors (Lipinski definition) is 3. The Morgan fingerprint density at radius 1 is 0.750 bits per heavy atom. The quantitative estimate of drug-likeness (QED) is 0.159. The number of aromatic carboxylic acids is 1. The summed E-state index contributed by atoms with van der Waals surface area (Å²) < 4.78 is 43.9. The Hall–Kier alpha value is -3.61. The third-order valence-electron chi connectivity index (χ3n) is 7.01. The van der Waals surface area contributed by atoms with Crippen molar-refractivity contribution in [3.05, 3.63) is 83.4 Å². The maximum Gasteiger partial charge on any atom is 0.425 e. The number of carbonyl (C=O) groups excluding carboxylic acids is 1. The molecular weight excluding hydrogens is 517 g/mol. The van der Waals surface area contributed by atoms with Gasteiger partial charge in [0.15, 0.2) is 6.10 Å². The molecule has 0 aromatic heterocycles. The van der Waals surface area contributed by atoms with Gasteiger partial charge in [0.1, 0.15) is 0 Å². The number of aryl methyl sites for hydroxylation is 1. The van der Waals surface area contributed by atoms with Gasteiger partial charge in [-0.3, -0.25) is 0 Å². The van der Waals surface area contributed by atoms with Crippen molar-refractivity contribution in [1.82, 2.24) is 0 Å². The summed E-state index contributed by atoms with van der Waals surface area (Å²) in [5.74, 6) is -2.02. The number of unbranched alkanes of at least 4 members (excludes halogenated alkanes) is 6. The molecule has 0 aliphatic carbocycles. The molecule has 40 heavy (non-hydrogen) atoms. The van der Waals surface area contributed by atoms with Crippen molar-refractivity contribution in [3.8, 4) is 22.3 Å². The molecule has 0 saturated heterocycles. The van der Waals surface area contributed by atoms with Crippen LogP contribution in [0.3, 0.4) is 0 Å². The molecule has 3 aromatic rings. The SMILES string of the molecule is CCCCCCCCCc1ccc(-c2ccc(C(=O)O)cc2)c(-c2ccc(C(=O)OC(CC)C(F)(F)F)cc2)c1. The average Bonchev–Trinajstić information content (AvgIpc) is 2.94. The fraction of sp³-hybridized carbons (Fsp3) is 0.394. The van der Waals surface area contributed by atoms with Crippen molar-refractivity contribution in [3.63, 3.8) is 0 Å². The monoisotopic (exact) mass is 554 g/mol. The first kappa shape index (κ1) is 30.9. The summed E-state index contributed by atoms with van der Waals surface area (Å²) in [5, 5.41) is 9.26. The van der Waals surface area contributed by atoms with Gasteiger partial charge in [0.25, 0.3) is 0 Å². The summed E-state index contributed by atoms with van der Waals surface area (Å²) in [5.41, 5.74) is 4.80. The van der Waals surface area contributed by atoms with E-state index in [-0.39, 0.29) is 17.5 Å². The van der Waals surface area contributed by atoms with Gasteiger partial charge < -0.3 is 9.84 Å². The highest BCUT2D eigenvalue weighted by Crippen LogP contribution is 2.34. The number of carboxylic acid groups (broad SMARTS) is 1. The zero-order valence-corrected chi connectivity index (χ0v) is 23.1. The summed E-state index contributed by atoms with van der Waals surface area (Å²) in [7, 11) is 0. The van der Waals surface area contributed by atoms with Gasteiger partial charge in [0.05, 0.1) is 11.1 Å². The molecule has 1 unspecified atom stereocenters. The predicted molar refractivity (Wildman–Crippen MR) is 152 cm³/mol. The van der Waals surface area contributed by atoms with E-state index in [1.165, 1.54) is 51.2 Å². The second kappa shape index (κ2) is 14.7. The third kappa shape index (κ3) is 8.70. The zero-order chi connectivity index (χ0) is 29.1. The number of carboxylic acids is 1. The second-order valence-corrected chi connectivity index (χ2v) is 10.1. The molecule has 1 atom stereocenters. The largest absolute Gasteiger partial charge is 0.478 e. The van der Waals surface area contributed by atoms with Gasteiger partial charge in [0.2, 0.25) is 0 Å². The van der Waals surface area contributed by atoms with Crippen LogP contribution in [0.25, 0.3) is 22.3 Å². The summed E-state index contributed by atoms with van der Waals surface area (Å²) >= 11 is 0. The molecular formula is C33H37F3O4. The molecule has 3 aromatic carbocycles. The van der Waals surface area contributed by atoms with Crippen LogP contribution < -0.4 is 0 Å². The molecule has 7 heteroatoms. The van der Waals surface area contributed by atoms with E-state index in [0.29, 0.717) is 0 Å². The van der Waals surface area contributed by atoms with E-state index in [1.54, 1.807) is 36.4 Å². The molecule has 1 N–H and O–H groups in total. The van der Waals surface area contributed by atoms with E-state index < -0.39 is 24.2 Å². The van der Waals surface area contributed by atoms with Crippen molar-refractivity contribution in [1.29, 1.82) is 0 Å². The highest BCUT2D eigenvalue weighted by atomic mass is 19.4. The number of alkyl halides is 3. The Bertz CT molecular complexity index is 1250. The van der Waals surface area contributed by atoms with Crippen molar-refractivity contribution >= 4 is 11.9 Å². The Kier molecular flexibility index (Phi) is 11.4. The number of carbonyl (C=O) groups is 2. The summed E-state index contributed by atoms with van der Waals surface area (Å²) in [6.07, 6.45) is 2.25. The summed E-state index contributed by atoms with van der Waals surface area (Å²) in [6, 6.07) is 19.2. The Labute approximate surface area is 234 Å². The summed E-state index contributed by atoms with van der Waals surface area (Å²) in [4.78, 5) is 23.7. The summed E-state index contributed by atoms with van der Waals surface area (Å²) in [6.45, 7) is 3.52. The fourth-order valence-corrected chi connectivity index (χ4v) is 4.68. The van der Waals surface area contributed by atoms with Crippen molar-refractivity contribution in [2.75, 3.05) is 0 Å². The first-order valence-corrected chi connectivity index (χ1v) is 14.0. The van der Waals surface area contributed by atoms with Crippen LogP contribution in [0.15, 0.2) is 66.7 Å². The van der Waals surface area contributed by atoms with E-state index in [0.717, 1.165) is 47.1 Å². The van der Waals surface area contributed by atoms with Crippen LogP contribution in [0.1, 0.15) is 91.5 Å². The van der Waals surface area contributed by atoms with Gasteiger partial charge >= 0.3 is 18.1 Å². The van der Waals surface area contributed by atoms with Gasteiger partial charge in [-0.2, -0.15) is 13.2 Å². The highest BCUT2D eigenvalue weighted by Gasteiger charge is 2.41. The highest BCUT2D eigenvalue weighted by molar-refractivity contribution is 5.92. The smallest absolute Gasteiger partial charge is 0.425 e. The van der Waals surface area contributed by atoms with E-state index in [9.17, 15) is 27.9 Å². The van der Waals surface area contributed by atoms with Gasteiger partial charge in [-0.25, -0.2) is 9.59 Å². The van der Waals surface area contributed by atoms with Gasteiger partial charge in [-0.05, 0) is 71.3 Å². The van der Waals surface area contributed by atoms with E-state index >= 15 is 0 Å². The average molecular weight is 555 g/mol. The minimum absolute atomic E-state index is 0.0399. The van der Waals surface area contributed by atoms with Crippen molar-refractivity contribution < 1.29 is 32.6 Å². The van der Waals surface area contributed by atoms with E-state index in [2.05, 4.69) is 19.1 Å². The van der Waals surface area contributed by atoms with E-state index in [4.69, 9.17) is 4.74 Å². The topological polar surface area (TPSA) is 63.6 Å². The Morgan fingerprint density at radius 2 is 1.30 bits per heavy atom. The lowest BCUT2D eigenvalue weighted by Gasteiger charge is -2.19. The van der Waals surface area contributed by atoms with Crippen LogP contribution in [0, 0.1) is 0 Å². The number of ether oxygens (including phenoxy) is 1. The maximum atomic E-state index is 13.1. The van der Waals surface area contributed by atoms with Crippen LogP contribution in [0.5, 0.6) is 0 Å². The lowest BCUT2D eigenvalue weighted by Crippen LogP contribution is -2.33. The molecule has 3 rings (SSSR count). The Morgan fingerprint density at radius 3 is 1.85 bits per heavy atom. The molecule has 0 fully saturated rings. The normalized spacial score (nSPS) is 12.2.